The number of carbonyl (C=O) groups is 1. The van der Waals surface area contributed by atoms with Gasteiger partial charge in [-0.15, -0.1) is 0 Å². The maximum Gasteiger partial charge on any atom is 0.226 e. The van der Waals surface area contributed by atoms with Crippen LogP contribution in [-0.2, 0) is 4.79 Å². The fourth-order valence-electron chi connectivity index (χ4n) is 1.98. The summed E-state index contributed by atoms with van der Waals surface area (Å²) in [6.45, 7) is 2.85. The second-order valence-corrected chi connectivity index (χ2v) is 4.66. The smallest absolute Gasteiger partial charge is 0.226 e. The minimum absolute atomic E-state index is 0.129. The van der Waals surface area contributed by atoms with Crippen LogP contribution in [0.3, 0.4) is 0 Å². The van der Waals surface area contributed by atoms with Crippen LogP contribution in [0.25, 0.3) is 0 Å². The molecule has 0 radical (unpaired) electrons. The van der Waals surface area contributed by atoms with Crippen molar-refractivity contribution in [1.29, 1.82) is 0 Å². The molecule has 0 aromatic heterocycles. The molecule has 0 spiro atoms. The van der Waals surface area contributed by atoms with E-state index in [2.05, 4.69) is 10.6 Å². The first-order valence-corrected chi connectivity index (χ1v) is 7.20. The first-order chi connectivity index (χ1) is 10.7. The van der Waals surface area contributed by atoms with Gasteiger partial charge in [-0.1, -0.05) is 18.2 Å². The van der Waals surface area contributed by atoms with Crippen LogP contribution in [0.1, 0.15) is 13.3 Å². The molecular weight excluding hydrogens is 283 g/mol. The number of hydrogen-bond donors (Lipinski definition) is 2. The quantitative estimate of drug-likeness (QED) is 0.820. The fourth-order valence-corrected chi connectivity index (χ4v) is 1.98. The van der Waals surface area contributed by atoms with Gasteiger partial charge in [0.2, 0.25) is 5.91 Å². The van der Waals surface area contributed by atoms with Gasteiger partial charge in [0, 0.05) is 18.7 Å². The highest BCUT2D eigenvalue weighted by Gasteiger charge is 2.07. The maximum absolute atomic E-state index is 13.0. The molecule has 0 aliphatic rings. The Hall–Kier alpha value is -2.56. The Morgan fingerprint density at radius 1 is 1.18 bits per heavy atom. The van der Waals surface area contributed by atoms with Gasteiger partial charge in [0.15, 0.2) is 0 Å². The lowest BCUT2D eigenvalue weighted by atomic mass is 10.2. The average molecular weight is 302 g/mol. The Labute approximate surface area is 129 Å². The highest BCUT2D eigenvalue weighted by atomic mass is 19.1. The van der Waals surface area contributed by atoms with E-state index in [9.17, 15) is 9.18 Å². The number of hydrogen-bond acceptors (Lipinski definition) is 3. The highest BCUT2D eigenvalue weighted by Crippen LogP contribution is 2.23. The molecule has 0 atom stereocenters. The van der Waals surface area contributed by atoms with Crippen molar-refractivity contribution in [3.05, 3.63) is 54.3 Å². The van der Waals surface area contributed by atoms with Crippen molar-refractivity contribution >= 4 is 17.3 Å². The van der Waals surface area contributed by atoms with E-state index in [-0.39, 0.29) is 18.1 Å². The number of benzene rings is 2. The van der Waals surface area contributed by atoms with Crippen LogP contribution < -0.4 is 15.4 Å². The van der Waals surface area contributed by atoms with Crippen molar-refractivity contribution in [3.63, 3.8) is 0 Å². The Morgan fingerprint density at radius 2 is 2.00 bits per heavy atom. The predicted octanol–water partition coefficient (Wildman–Crippen LogP) is 3.67. The van der Waals surface area contributed by atoms with Crippen LogP contribution in [0.15, 0.2) is 48.5 Å². The summed E-state index contributed by atoms with van der Waals surface area (Å²) in [5.41, 5.74) is 1.31. The summed E-state index contributed by atoms with van der Waals surface area (Å²) < 4.78 is 18.5. The normalized spacial score (nSPS) is 10.1. The molecule has 0 fully saturated rings. The molecule has 0 aliphatic carbocycles. The molecule has 0 saturated heterocycles. The fraction of sp³-hybridized carbons (Fsp3) is 0.235. The van der Waals surface area contributed by atoms with Gasteiger partial charge in [0.05, 0.1) is 12.3 Å². The zero-order chi connectivity index (χ0) is 15.8. The average Bonchev–Trinajstić information content (AvgIpc) is 2.49. The van der Waals surface area contributed by atoms with Crippen molar-refractivity contribution < 1.29 is 13.9 Å². The summed E-state index contributed by atoms with van der Waals surface area (Å²) in [5.74, 6) is 0.215. The number of para-hydroxylation sites is 2. The lowest BCUT2D eigenvalue weighted by Crippen LogP contribution is -2.16. The van der Waals surface area contributed by atoms with Crippen molar-refractivity contribution in [2.24, 2.45) is 0 Å². The van der Waals surface area contributed by atoms with Crippen LogP contribution in [0.4, 0.5) is 15.8 Å². The van der Waals surface area contributed by atoms with Crippen LogP contribution >= 0.6 is 0 Å². The molecule has 2 aromatic carbocycles. The largest absolute Gasteiger partial charge is 0.492 e. The first-order valence-electron chi connectivity index (χ1n) is 7.20. The third-order valence-corrected chi connectivity index (χ3v) is 2.97. The Kier molecular flexibility index (Phi) is 5.77. The van der Waals surface area contributed by atoms with Crippen molar-refractivity contribution in [3.8, 4) is 5.75 Å². The van der Waals surface area contributed by atoms with Gasteiger partial charge >= 0.3 is 0 Å². The van der Waals surface area contributed by atoms with Crippen molar-refractivity contribution in [2.75, 3.05) is 23.8 Å². The maximum atomic E-state index is 13.0. The zero-order valence-electron chi connectivity index (χ0n) is 12.4. The second-order valence-electron chi connectivity index (χ2n) is 4.66. The van der Waals surface area contributed by atoms with E-state index in [1.54, 1.807) is 18.2 Å². The first kappa shape index (κ1) is 15.8. The van der Waals surface area contributed by atoms with Crippen LogP contribution in [0, 0.1) is 5.82 Å². The van der Waals surface area contributed by atoms with Gasteiger partial charge in [0.25, 0.3) is 0 Å². The molecule has 1 amide bonds. The third-order valence-electron chi connectivity index (χ3n) is 2.97. The lowest BCUT2D eigenvalue weighted by Gasteiger charge is -2.11. The molecule has 2 aromatic rings. The minimum atomic E-state index is -0.305. The van der Waals surface area contributed by atoms with Crippen molar-refractivity contribution in [2.45, 2.75) is 13.3 Å². The Bertz CT molecular complexity index is 632. The van der Waals surface area contributed by atoms with Gasteiger partial charge in [0.1, 0.15) is 11.6 Å². The summed E-state index contributed by atoms with van der Waals surface area (Å²) in [7, 11) is 0. The predicted molar refractivity (Wildman–Crippen MR) is 85.7 cm³/mol. The summed E-state index contributed by atoms with van der Waals surface area (Å²) in [5, 5.41) is 5.82. The van der Waals surface area contributed by atoms with Crippen LogP contribution in [0.5, 0.6) is 5.75 Å². The number of nitrogens with one attached hydrogen (secondary N) is 2. The summed E-state index contributed by atoms with van der Waals surface area (Å²) in [6.07, 6.45) is 0.275. The van der Waals surface area contributed by atoms with E-state index < -0.39 is 0 Å². The molecule has 0 saturated carbocycles. The van der Waals surface area contributed by atoms with Crippen LogP contribution in [-0.4, -0.2) is 19.1 Å². The van der Waals surface area contributed by atoms with Gasteiger partial charge in [-0.05, 0) is 37.3 Å². The summed E-state index contributed by atoms with van der Waals surface area (Å²) >= 11 is 0. The third kappa shape index (κ3) is 4.77. The van der Waals surface area contributed by atoms with E-state index in [1.165, 1.54) is 12.1 Å². The molecule has 0 heterocycles. The molecule has 22 heavy (non-hydrogen) atoms. The molecule has 5 heteroatoms. The number of rotatable bonds is 7. The molecule has 116 valence electrons. The molecule has 2 N–H and O–H groups in total. The molecule has 4 nitrogen and oxygen atoms in total. The topological polar surface area (TPSA) is 50.4 Å². The number of halogens is 1. The van der Waals surface area contributed by atoms with Gasteiger partial charge in [-0.3, -0.25) is 4.79 Å². The number of amides is 1. The van der Waals surface area contributed by atoms with E-state index in [1.807, 2.05) is 25.1 Å². The molecule has 0 unspecified atom stereocenters. The summed E-state index contributed by atoms with van der Waals surface area (Å²) in [6, 6.07) is 13.4. The van der Waals surface area contributed by atoms with E-state index in [0.29, 0.717) is 30.3 Å². The minimum Gasteiger partial charge on any atom is -0.492 e. The van der Waals surface area contributed by atoms with E-state index in [0.717, 1.165) is 0 Å². The molecule has 0 aliphatic heterocycles. The summed E-state index contributed by atoms with van der Waals surface area (Å²) in [4.78, 5) is 11.9. The standard InChI is InChI=1S/C17H19FN2O2/c1-2-22-16-9-4-3-8-15(16)20-17(21)10-11-19-14-7-5-6-13(18)12-14/h3-9,12,19H,2,10-11H2,1H3,(H,20,21). The van der Waals surface area contributed by atoms with E-state index in [4.69, 9.17) is 4.74 Å². The number of anilines is 2. The molecular formula is C17H19FN2O2. The SMILES string of the molecule is CCOc1ccccc1NC(=O)CCNc1cccc(F)c1. The molecule has 0 bridgehead atoms. The number of ether oxygens (including phenoxy) is 1. The lowest BCUT2D eigenvalue weighted by molar-refractivity contribution is -0.116. The second kappa shape index (κ2) is 8.02. The Balaban J connectivity index is 1.83. The van der Waals surface area contributed by atoms with E-state index >= 15 is 0 Å². The zero-order valence-corrected chi connectivity index (χ0v) is 12.4. The van der Waals surface area contributed by atoms with Crippen molar-refractivity contribution in [1.82, 2.24) is 0 Å². The van der Waals surface area contributed by atoms with Gasteiger partial charge in [-0.25, -0.2) is 4.39 Å². The van der Waals surface area contributed by atoms with Gasteiger partial charge in [-0.2, -0.15) is 0 Å². The number of carbonyl (C=O) groups excluding carboxylic acids is 1. The van der Waals surface area contributed by atoms with Crippen LogP contribution in [0.2, 0.25) is 0 Å². The molecule has 2 rings (SSSR count). The monoisotopic (exact) mass is 302 g/mol. The highest BCUT2D eigenvalue weighted by molar-refractivity contribution is 5.92. The Morgan fingerprint density at radius 3 is 2.77 bits per heavy atom. The van der Waals surface area contributed by atoms with Gasteiger partial charge < -0.3 is 15.4 Å².